The van der Waals surface area contributed by atoms with Gasteiger partial charge in [-0.1, -0.05) is 200 Å². The Hall–Kier alpha value is -7.74. The number of hydrogen-bond acceptors (Lipinski definition) is 1. The molecule has 0 spiro atoms. The van der Waals surface area contributed by atoms with Crippen molar-refractivity contribution in [2.45, 2.75) is 0 Å². The molecule has 1 heteroatoms. The van der Waals surface area contributed by atoms with Crippen LogP contribution >= 0.6 is 0 Å². The van der Waals surface area contributed by atoms with Gasteiger partial charge in [-0.25, -0.2) is 0 Å². The van der Waals surface area contributed by atoms with Gasteiger partial charge < -0.3 is 4.90 Å². The molecular weight excluding hydrogens is 711 g/mol. The van der Waals surface area contributed by atoms with Crippen molar-refractivity contribution in [2.75, 3.05) is 4.90 Å². The summed E-state index contributed by atoms with van der Waals surface area (Å²) in [6, 6.07) is 86.5. The normalized spacial score (nSPS) is 11.4. The Balaban J connectivity index is 1.22. The van der Waals surface area contributed by atoms with Crippen molar-refractivity contribution >= 4 is 60.2 Å². The van der Waals surface area contributed by atoms with Crippen LogP contribution in [0.2, 0.25) is 0 Å². The fraction of sp³-hybridized carbons (Fsp3) is 0. The van der Waals surface area contributed by atoms with Crippen LogP contribution in [0.1, 0.15) is 0 Å². The number of nitrogens with zero attached hydrogens (tertiary/aromatic N) is 1. The van der Waals surface area contributed by atoms with E-state index in [9.17, 15) is 0 Å². The van der Waals surface area contributed by atoms with Crippen LogP contribution in [0.5, 0.6) is 0 Å². The molecule has 0 aliphatic carbocycles. The van der Waals surface area contributed by atoms with Gasteiger partial charge in [-0.05, 0) is 113 Å². The molecule has 0 atom stereocenters. The minimum Gasteiger partial charge on any atom is -0.309 e. The van der Waals surface area contributed by atoms with E-state index in [2.05, 4.69) is 241 Å². The molecule has 0 aliphatic rings. The van der Waals surface area contributed by atoms with Gasteiger partial charge in [0, 0.05) is 16.6 Å². The highest BCUT2D eigenvalue weighted by Gasteiger charge is 2.24. The van der Waals surface area contributed by atoms with E-state index < -0.39 is 0 Å². The molecule has 0 fully saturated rings. The SMILES string of the molecule is c1ccc(-c2cc(N(c3ccc(-c4cccc5ccccc45)cc3)c3cccc4ccccc34)c(-c3ccccc3)cc2-c2cc3ccccc3c3ccccc23)cc1. The Morgan fingerprint density at radius 3 is 1.44 bits per heavy atom. The summed E-state index contributed by atoms with van der Waals surface area (Å²) in [5.74, 6) is 0. The molecule has 0 saturated carbocycles. The van der Waals surface area contributed by atoms with E-state index in [0.29, 0.717) is 0 Å². The van der Waals surface area contributed by atoms with Crippen LogP contribution in [-0.4, -0.2) is 0 Å². The number of anilines is 3. The smallest absolute Gasteiger partial charge is 0.0546 e. The first-order valence-electron chi connectivity index (χ1n) is 20.3. The van der Waals surface area contributed by atoms with Crippen LogP contribution in [0.25, 0.3) is 87.6 Å². The van der Waals surface area contributed by atoms with Crippen molar-refractivity contribution in [1.29, 1.82) is 0 Å². The van der Waals surface area contributed by atoms with Crippen molar-refractivity contribution in [3.8, 4) is 44.5 Å². The fourth-order valence-electron chi connectivity index (χ4n) is 9.06. The molecule has 0 saturated heterocycles. The van der Waals surface area contributed by atoms with Crippen LogP contribution in [0.15, 0.2) is 237 Å². The average molecular weight is 750 g/mol. The summed E-state index contributed by atoms with van der Waals surface area (Å²) in [6.07, 6.45) is 0. The van der Waals surface area contributed by atoms with Gasteiger partial charge in [0.1, 0.15) is 0 Å². The number of fused-ring (bicyclic) bond motifs is 5. The van der Waals surface area contributed by atoms with E-state index in [1.165, 1.54) is 76.5 Å². The van der Waals surface area contributed by atoms with Crippen LogP contribution in [0.3, 0.4) is 0 Å². The Kier molecular flexibility index (Phi) is 8.56. The molecule has 11 aromatic rings. The monoisotopic (exact) mass is 749 g/mol. The maximum absolute atomic E-state index is 2.48. The number of hydrogen-bond donors (Lipinski definition) is 0. The van der Waals surface area contributed by atoms with Crippen LogP contribution < -0.4 is 4.90 Å². The number of benzene rings is 11. The van der Waals surface area contributed by atoms with Gasteiger partial charge in [-0.3, -0.25) is 0 Å². The van der Waals surface area contributed by atoms with Gasteiger partial charge in [0.05, 0.1) is 11.4 Å². The van der Waals surface area contributed by atoms with Crippen molar-refractivity contribution < 1.29 is 0 Å². The summed E-state index contributed by atoms with van der Waals surface area (Å²) in [7, 11) is 0. The second kappa shape index (κ2) is 14.6. The van der Waals surface area contributed by atoms with Crippen molar-refractivity contribution in [1.82, 2.24) is 0 Å². The zero-order valence-corrected chi connectivity index (χ0v) is 32.5. The lowest BCUT2D eigenvalue weighted by Crippen LogP contribution is -2.12. The molecule has 59 heavy (non-hydrogen) atoms. The maximum Gasteiger partial charge on any atom is 0.0546 e. The van der Waals surface area contributed by atoms with Gasteiger partial charge in [0.2, 0.25) is 0 Å². The first-order valence-corrected chi connectivity index (χ1v) is 20.3. The molecule has 11 aromatic carbocycles. The van der Waals surface area contributed by atoms with E-state index in [0.717, 1.165) is 28.2 Å². The Morgan fingerprint density at radius 2 is 0.729 bits per heavy atom. The quantitative estimate of drug-likeness (QED) is 0.147. The predicted molar refractivity (Wildman–Crippen MR) is 253 cm³/mol. The second-order valence-electron chi connectivity index (χ2n) is 15.2. The Labute approximate surface area is 344 Å². The molecule has 0 bridgehead atoms. The van der Waals surface area contributed by atoms with Crippen molar-refractivity contribution in [2.24, 2.45) is 0 Å². The summed E-state index contributed by atoms with van der Waals surface area (Å²) in [4.78, 5) is 2.48. The third-order valence-electron chi connectivity index (χ3n) is 11.8. The van der Waals surface area contributed by atoms with Crippen LogP contribution in [-0.2, 0) is 0 Å². The summed E-state index contributed by atoms with van der Waals surface area (Å²) < 4.78 is 0. The largest absolute Gasteiger partial charge is 0.309 e. The topological polar surface area (TPSA) is 3.24 Å². The third kappa shape index (κ3) is 6.12. The predicted octanol–water partition coefficient (Wildman–Crippen LogP) is 16.4. The van der Waals surface area contributed by atoms with Gasteiger partial charge in [-0.2, -0.15) is 0 Å². The fourth-order valence-corrected chi connectivity index (χ4v) is 9.06. The number of rotatable bonds is 7. The molecule has 0 aromatic heterocycles. The van der Waals surface area contributed by atoms with Gasteiger partial charge in [0.15, 0.2) is 0 Å². The standard InChI is InChI=1S/C58H39N/c1-3-17-42(18-4-1)53-39-58(54(43-19-5-2-6-20-43)38-56(53)55-37-45-23-9-11-27-49(45)51-29-13-14-30-52(51)55)59(57-32-16-25-41-22-8-12-28-50(41)57)46-35-33-44(34-36-46)48-31-15-24-40-21-7-10-26-47(40)48/h1-39H. The highest BCUT2D eigenvalue weighted by molar-refractivity contribution is 6.16. The molecule has 0 heterocycles. The Morgan fingerprint density at radius 1 is 0.220 bits per heavy atom. The van der Waals surface area contributed by atoms with Crippen molar-refractivity contribution in [3.05, 3.63) is 237 Å². The molecule has 276 valence electrons. The molecule has 0 N–H and O–H groups in total. The first-order chi connectivity index (χ1) is 29.3. The highest BCUT2D eigenvalue weighted by atomic mass is 15.1. The van der Waals surface area contributed by atoms with Gasteiger partial charge in [-0.15, -0.1) is 0 Å². The lowest BCUT2D eigenvalue weighted by Gasteiger charge is -2.31. The molecule has 0 aliphatic heterocycles. The lowest BCUT2D eigenvalue weighted by molar-refractivity contribution is 1.30. The zero-order valence-electron chi connectivity index (χ0n) is 32.5. The molecule has 11 rings (SSSR count). The van der Waals surface area contributed by atoms with E-state index in [4.69, 9.17) is 0 Å². The molecule has 0 unspecified atom stereocenters. The van der Waals surface area contributed by atoms with Crippen molar-refractivity contribution in [3.63, 3.8) is 0 Å². The molecule has 0 radical (unpaired) electrons. The minimum atomic E-state index is 1.09. The maximum atomic E-state index is 2.48. The molecule has 0 amide bonds. The van der Waals surface area contributed by atoms with E-state index in [1.807, 2.05) is 0 Å². The summed E-state index contributed by atoms with van der Waals surface area (Å²) >= 11 is 0. The second-order valence-corrected chi connectivity index (χ2v) is 15.2. The highest BCUT2D eigenvalue weighted by Crippen LogP contribution is 2.49. The Bertz CT molecular complexity index is 3300. The van der Waals surface area contributed by atoms with Crippen LogP contribution in [0, 0.1) is 0 Å². The third-order valence-corrected chi connectivity index (χ3v) is 11.8. The lowest BCUT2D eigenvalue weighted by atomic mass is 9.86. The molecule has 1 nitrogen and oxygen atoms in total. The molecular formula is C58H39N. The van der Waals surface area contributed by atoms with E-state index in [-0.39, 0.29) is 0 Å². The first kappa shape index (κ1) is 34.5. The van der Waals surface area contributed by atoms with E-state index >= 15 is 0 Å². The van der Waals surface area contributed by atoms with Crippen LogP contribution in [0.4, 0.5) is 17.1 Å². The zero-order chi connectivity index (χ0) is 39.1. The summed E-state index contributed by atoms with van der Waals surface area (Å²) in [5, 5.41) is 9.88. The van der Waals surface area contributed by atoms with Gasteiger partial charge >= 0.3 is 0 Å². The van der Waals surface area contributed by atoms with Gasteiger partial charge in [0.25, 0.3) is 0 Å². The minimum absolute atomic E-state index is 1.09. The average Bonchev–Trinajstić information content (AvgIpc) is 3.32. The summed E-state index contributed by atoms with van der Waals surface area (Å²) in [6.45, 7) is 0. The summed E-state index contributed by atoms with van der Waals surface area (Å²) in [5.41, 5.74) is 12.8. The van der Waals surface area contributed by atoms with E-state index in [1.54, 1.807) is 0 Å².